The molecule has 2 heterocycles. The van der Waals surface area contributed by atoms with Crippen LogP contribution in [0.5, 0.6) is 0 Å². The number of nitrogens with zero attached hydrogens (tertiary/aromatic N) is 6. The van der Waals surface area contributed by atoms with Crippen LogP contribution in [0.15, 0.2) is 60.7 Å². The molecule has 0 saturated carbocycles. The zero-order chi connectivity index (χ0) is 30.2. The standard InChI is InChI=1S/C33H36N6O.C2H6/c1-24-18-25(2)30(33(40)39-17-16-38(22-26(39)3)32-11-7-5-9-28(32)21-35)19-29(24)23-36-12-14-37(15-13-36)31-10-6-4-8-27(31)20-34;1-2/h4-11,18-19,26H,12-17,22-23H2,1-3H3;1-2H3/t26-;/m0./s1. The molecule has 0 N–H and O–H groups in total. The topological polar surface area (TPSA) is 77.6 Å². The number of aryl methyl sites for hydroxylation is 2. The monoisotopic (exact) mass is 562 g/mol. The molecule has 7 heteroatoms. The molecule has 3 aromatic rings. The van der Waals surface area contributed by atoms with Crippen LogP contribution in [0, 0.1) is 36.5 Å². The fraction of sp³-hybridized carbons (Fsp3) is 0.400. The molecular weight excluding hydrogens is 520 g/mol. The van der Waals surface area contributed by atoms with Crippen LogP contribution in [0.4, 0.5) is 11.4 Å². The van der Waals surface area contributed by atoms with Crippen LogP contribution in [0.2, 0.25) is 0 Å². The summed E-state index contributed by atoms with van der Waals surface area (Å²) in [5.41, 5.74) is 7.52. The van der Waals surface area contributed by atoms with Gasteiger partial charge in [-0.2, -0.15) is 10.5 Å². The van der Waals surface area contributed by atoms with E-state index in [9.17, 15) is 15.3 Å². The molecule has 218 valence electrons. The largest absolute Gasteiger partial charge is 0.368 e. The molecule has 3 aromatic carbocycles. The molecule has 1 atom stereocenters. The van der Waals surface area contributed by atoms with Crippen molar-refractivity contribution in [2.75, 3.05) is 55.6 Å². The lowest BCUT2D eigenvalue weighted by molar-refractivity contribution is 0.0673. The Hall–Kier alpha value is -4.33. The second-order valence-electron chi connectivity index (χ2n) is 10.9. The van der Waals surface area contributed by atoms with E-state index in [4.69, 9.17) is 0 Å². The maximum Gasteiger partial charge on any atom is 0.254 e. The summed E-state index contributed by atoms with van der Waals surface area (Å²) in [6.45, 7) is 16.6. The van der Waals surface area contributed by atoms with Crippen LogP contribution >= 0.6 is 0 Å². The maximum absolute atomic E-state index is 13.8. The average molecular weight is 563 g/mol. The van der Waals surface area contributed by atoms with Crippen molar-refractivity contribution in [3.05, 3.63) is 94.0 Å². The van der Waals surface area contributed by atoms with Crippen molar-refractivity contribution in [3.63, 3.8) is 0 Å². The Morgan fingerprint density at radius 2 is 1.33 bits per heavy atom. The van der Waals surface area contributed by atoms with Gasteiger partial charge in [-0.15, -0.1) is 0 Å². The highest BCUT2D eigenvalue weighted by Crippen LogP contribution is 2.27. The maximum atomic E-state index is 13.8. The number of benzene rings is 3. The Labute approximate surface area is 251 Å². The van der Waals surface area contributed by atoms with Gasteiger partial charge >= 0.3 is 0 Å². The van der Waals surface area contributed by atoms with Crippen LogP contribution in [0.25, 0.3) is 0 Å². The fourth-order valence-corrected chi connectivity index (χ4v) is 6.01. The zero-order valence-corrected chi connectivity index (χ0v) is 25.6. The summed E-state index contributed by atoms with van der Waals surface area (Å²) < 4.78 is 0. The van der Waals surface area contributed by atoms with Crippen LogP contribution in [0.3, 0.4) is 0 Å². The summed E-state index contributed by atoms with van der Waals surface area (Å²) in [4.78, 5) is 22.8. The number of rotatable bonds is 5. The minimum Gasteiger partial charge on any atom is -0.368 e. The lowest BCUT2D eigenvalue weighted by Crippen LogP contribution is -2.54. The van der Waals surface area contributed by atoms with E-state index in [1.807, 2.05) is 74.2 Å². The molecular formula is C35H42N6O. The Morgan fingerprint density at radius 3 is 1.90 bits per heavy atom. The molecule has 0 aromatic heterocycles. The van der Waals surface area contributed by atoms with Gasteiger partial charge in [-0.25, -0.2) is 0 Å². The normalized spacial score (nSPS) is 17.1. The summed E-state index contributed by atoms with van der Waals surface area (Å²) >= 11 is 0. The molecule has 5 rings (SSSR count). The van der Waals surface area contributed by atoms with Crippen molar-refractivity contribution in [2.45, 2.75) is 47.2 Å². The van der Waals surface area contributed by atoms with E-state index in [1.54, 1.807) is 0 Å². The molecule has 0 spiro atoms. The summed E-state index contributed by atoms with van der Waals surface area (Å²) in [6.07, 6.45) is 0. The van der Waals surface area contributed by atoms with Crippen molar-refractivity contribution < 1.29 is 4.79 Å². The highest BCUT2D eigenvalue weighted by molar-refractivity contribution is 5.96. The molecule has 2 fully saturated rings. The third-order valence-electron chi connectivity index (χ3n) is 8.30. The van der Waals surface area contributed by atoms with Crippen molar-refractivity contribution in [1.29, 1.82) is 10.5 Å². The van der Waals surface area contributed by atoms with E-state index < -0.39 is 0 Å². The number of nitriles is 2. The third-order valence-corrected chi connectivity index (χ3v) is 8.30. The van der Waals surface area contributed by atoms with Gasteiger partial charge in [-0.05, 0) is 67.8 Å². The van der Waals surface area contributed by atoms with E-state index in [0.717, 1.165) is 60.8 Å². The molecule has 0 unspecified atom stereocenters. The predicted molar refractivity (Wildman–Crippen MR) is 170 cm³/mol. The second-order valence-corrected chi connectivity index (χ2v) is 10.9. The molecule has 2 aliphatic rings. The van der Waals surface area contributed by atoms with Crippen LogP contribution in [-0.2, 0) is 6.54 Å². The number of piperazine rings is 2. The molecule has 0 radical (unpaired) electrons. The summed E-state index contributed by atoms with van der Waals surface area (Å²) in [5, 5.41) is 19.0. The van der Waals surface area contributed by atoms with Gasteiger partial charge in [-0.1, -0.05) is 44.2 Å². The van der Waals surface area contributed by atoms with Gasteiger partial charge in [0, 0.05) is 64.0 Å². The number of carbonyl (C=O) groups excluding carboxylic acids is 1. The van der Waals surface area contributed by atoms with Gasteiger partial charge in [0.15, 0.2) is 0 Å². The Kier molecular flexibility index (Phi) is 10.2. The molecule has 0 aliphatic carbocycles. The van der Waals surface area contributed by atoms with Crippen molar-refractivity contribution in [3.8, 4) is 12.1 Å². The SMILES string of the molecule is CC.Cc1cc(C)c(C(=O)N2CCN(c3ccccc3C#N)C[C@@H]2C)cc1CN1CCN(c2ccccc2C#N)CC1. The van der Waals surface area contributed by atoms with Gasteiger partial charge < -0.3 is 14.7 Å². The lowest BCUT2D eigenvalue weighted by Gasteiger charge is -2.41. The van der Waals surface area contributed by atoms with E-state index in [2.05, 4.69) is 52.8 Å². The van der Waals surface area contributed by atoms with Crippen molar-refractivity contribution in [1.82, 2.24) is 9.80 Å². The number of hydrogen-bond donors (Lipinski definition) is 0. The summed E-state index contributed by atoms with van der Waals surface area (Å²) in [5.74, 6) is 0.0809. The number of carbonyl (C=O) groups is 1. The Bertz CT molecular complexity index is 1480. The van der Waals surface area contributed by atoms with E-state index in [1.165, 1.54) is 11.1 Å². The first-order valence-corrected chi connectivity index (χ1v) is 15.0. The summed E-state index contributed by atoms with van der Waals surface area (Å²) in [6, 6.07) is 24.4. The first-order valence-electron chi connectivity index (χ1n) is 15.0. The van der Waals surface area contributed by atoms with Crippen molar-refractivity contribution >= 4 is 17.3 Å². The lowest BCUT2D eigenvalue weighted by atomic mass is 9.97. The molecule has 7 nitrogen and oxygen atoms in total. The van der Waals surface area contributed by atoms with Gasteiger partial charge in [0.2, 0.25) is 0 Å². The van der Waals surface area contributed by atoms with Gasteiger partial charge in [0.05, 0.1) is 22.5 Å². The molecule has 1 amide bonds. The molecule has 42 heavy (non-hydrogen) atoms. The van der Waals surface area contributed by atoms with Gasteiger partial charge in [0.25, 0.3) is 5.91 Å². The molecule has 0 bridgehead atoms. The Morgan fingerprint density at radius 1 is 0.786 bits per heavy atom. The van der Waals surface area contributed by atoms with Crippen LogP contribution in [-0.4, -0.2) is 67.6 Å². The van der Waals surface area contributed by atoms with Gasteiger partial charge in [-0.3, -0.25) is 9.69 Å². The number of para-hydroxylation sites is 2. The average Bonchev–Trinajstić information content (AvgIpc) is 3.03. The summed E-state index contributed by atoms with van der Waals surface area (Å²) in [7, 11) is 0. The molecule has 2 saturated heterocycles. The highest BCUT2D eigenvalue weighted by atomic mass is 16.2. The van der Waals surface area contributed by atoms with Crippen LogP contribution in [0.1, 0.15) is 58.9 Å². The zero-order valence-electron chi connectivity index (χ0n) is 25.6. The van der Waals surface area contributed by atoms with E-state index in [0.29, 0.717) is 25.2 Å². The third kappa shape index (κ3) is 6.59. The van der Waals surface area contributed by atoms with E-state index >= 15 is 0 Å². The van der Waals surface area contributed by atoms with Crippen LogP contribution < -0.4 is 9.80 Å². The second kappa shape index (κ2) is 14.0. The Balaban J connectivity index is 0.00000198. The smallest absolute Gasteiger partial charge is 0.254 e. The fourth-order valence-electron chi connectivity index (χ4n) is 6.01. The van der Waals surface area contributed by atoms with Gasteiger partial charge in [0.1, 0.15) is 12.1 Å². The highest BCUT2D eigenvalue weighted by Gasteiger charge is 2.30. The van der Waals surface area contributed by atoms with E-state index in [-0.39, 0.29) is 11.9 Å². The van der Waals surface area contributed by atoms with Crippen molar-refractivity contribution in [2.24, 2.45) is 0 Å². The first-order chi connectivity index (χ1) is 20.4. The number of anilines is 2. The number of hydrogen-bond acceptors (Lipinski definition) is 6. The minimum absolute atomic E-state index is 0.0292. The number of amides is 1. The predicted octanol–water partition coefficient (Wildman–Crippen LogP) is 5.75. The molecule has 2 aliphatic heterocycles. The minimum atomic E-state index is 0.0292. The quantitative estimate of drug-likeness (QED) is 0.394. The first kappa shape index (κ1) is 30.6.